The molecule has 0 saturated heterocycles. The van der Waals surface area contributed by atoms with E-state index in [0.29, 0.717) is 23.3 Å². The van der Waals surface area contributed by atoms with Crippen molar-refractivity contribution in [2.45, 2.75) is 31.6 Å². The van der Waals surface area contributed by atoms with Gasteiger partial charge in [-0.05, 0) is 56.8 Å². The third-order valence-electron chi connectivity index (χ3n) is 6.54. The average molecular weight is 637 g/mol. The Morgan fingerprint density at radius 3 is 2.00 bits per heavy atom. The summed E-state index contributed by atoms with van der Waals surface area (Å²) in [4.78, 5) is 19.1. The Kier molecular flexibility index (Phi) is 9.54. The normalized spacial score (nSPS) is 12.7. The summed E-state index contributed by atoms with van der Waals surface area (Å²) in [5, 5.41) is 3.15. The molecule has 1 amide bonds. The second kappa shape index (κ2) is 12.1. The van der Waals surface area contributed by atoms with Gasteiger partial charge >= 0.3 is 12.4 Å². The second-order valence-electron chi connectivity index (χ2n) is 9.80. The van der Waals surface area contributed by atoms with Gasteiger partial charge in [-0.2, -0.15) is 26.3 Å². The van der Waals surface area contributed by atoms with Gasteiger partial charge in [0.25, 0.3) is 0 Å². The van der Waals surface area contributed by atoms with Gasteiger partial charge in [-0.15, -0.1) is 0 Å². The van der Waals surface area contributed by atoms with Gasteiger partial charge in [0.15, 0.2) is 0 Å². The highest BCUT2D eigenvalue weighted by Crippen LogP contribution is 2.41. The number of nitrogens with zero attached hydrogens (tertiary/aromatic N) is 2. The lowest BCUT2D eigenvalue weighted by atomic mass is 9.81. The third kappa shape index (κ3) is 7.53. The van der Waals surface area contributed by atoms with Gasteiger partial charge in [0.05, 0.1) is 34.2 Å². The van der Waals surface area contributed by atoms with Crippen LogP contribution in [0.3, 0.4) is 0 Å². The molecule has 0 spiro atoms. The van der Waals surface area contributed by atoms with Crippen LogP contribution in [0.5, 0.6) is 0 Å². The zero-order chi connectivity index (χ0) is 31.7. The number of carbonyl (C=O) groups excluding carboxylic acids is 1. The minimum Gasteiger partial charge on any atom is -0.369 e. The van der Waals surface area contributed by atoms with Crippen molar-refractivity contribution in [3.05, 3.63) is 76.4 Å². The molecule has 0 aliphatic rings. The lowest BCUT2D eigenvalue weighted by Crippen LogP contribution is -2.42. The molecule has 0 bridgehead atoms. The minimum atomic E-state index is -5.09. The monoisotopic (exact) mass is 636 g/mol. The van der Waals surface area contributed by atoms with Crippen LogP contribution < -0.4 is 14.9 Å². The van der Waals surface area contributed by atoms with Crippen LogP contribution in [0.4, 0.5) is 37.8 Å². The van der Waals surface area contributed by atoms with Gasteiger partial charge in [0.1, 0.15) is 5.82 Å². The van der Waals surface area contributed by atoms with Crippen LogP contribution in [0.15, 0.2) is 54.7 Å². The quantitative estimate of drug-likeness (QED) is 0.268. The molecule has 1 aromatic heterocycles. The summed E-state index contributed by atoms with van der Waals surface area (Å²) < 4.78 is 107. The molecule has 228 valence electrons. The predicted molar refractivity (Wildman–Crippen MR) is 149 cm³/mol. The van der Waals surface area contributed by atoms with E-state index in [0.717, 1.165) is 4.90 Å². The summed E-state index contributed by atoms with van der Waals surface area (Å²) in [6, 6.07) is 9.12. The third-order valence-corrected chi connectivity index (χ3v) is 8.24. The Hall–Kier alpha value is -3.36. The van der Waals surface area contributed by atoms with Crippen molar-refractivity contribution in [1.82, 2.24) is 9.71 Å². The van der Waals surface area contributed by atoms with Crippen molar-refractivity contribution < 1.29 is 39.6 Å². The number of hydrogen-bond donors (Lipinski definition) is 2. The molecule has 0 aliphatic carbocycles. The fourth-order valence-electron chi connectivity index (χ4n) is 4.09. The molecule has 0 radical (unpaired) electrons. The van der Waals surface area contributed by atoms with Crippen LogP contribution in [-0.4, -0.2) is 45.7 Å². The van der Waals surface area contributed by atoms with Gasteiger partial charge in [0.2, 0.25) is 15.9 Å². The van der Waals surface area contributed by atoms with Crippen molar-refractivity contribution in [3.63, 3.8) is 0 Å². The van der Waals surface area contributed by atoms with E-state index in [1.165, 1.54) is 40.2 Å². The first-order valence-electron chi connectivity index (χ1n) is 12.3. The van der Waals surface area contributed by atoms with Gasteiger partial charge < -0.3 is 10.2 Å². The van der Waals surface area contributed by atoms with Gasteiger partial charge in [-0.1, -0.05) is 29.8 Å². The number of nitrogens with one attached hydrogen (secondary N) is 2. The van der Waals surface area contributed by atoms with Crippen molar-refractivity contribution in [1.29, 1.82) is 0 Å². The zero-order valence-electron chi connectivity index (χ0n) is 22.8. The van der Waals surface area contributed by atoms with Gasteiger partial charge in [-0.25, -0.2) is 18.1 Å². The van der Waals surface area contributed by atoms with Crippen LogP contribution in [0, 0.1) is 0 Å². The van der Waals surface area contributed by atoms with Crippen molar-refractivity contribution in [3.8, 4) is 11.1 Å². The maximum Gasteiger partial charge on any atom is 0.416 e. The number of anilines is 2. The molecule has 1 heterocycles. The summed E-state index contributed by atoms with van der Waals surface area (Å²) in [5.74, 6) is -0.865. The molecule has 0 fully saturated rings. The SMILES string of the molecule is CNS(=O)(=O)CCNc1cc(-c2ccccc2Cl)c(N(C)C(=O)C(C)(C)c2cc(C(F)(F)F)cc(C(F)(F)F)c2)cn1. The zero-order valence-corrected chi connectivity index (χ0v) is 24.4. The Labute approximate surface area is 243 Å². The Bertz CT molecular complexity index is 1540. The summed E-state index contributed by atoms with van der Waals surface area (Å²) in [7, 11) is -0.929. The summed E-state index contributed by atoms with van der Waals surface area (Å²) >= 11 is 6.41. The largest absolute Gasteiger partial charge is 0.416 e. The fraction of sp³-hybridized carbons (Fsp3) is 0.333. The van der Waals surface area contributed by atoms with E-state index in [4.69, 9.17) is 11.6 Å². The molecular weight excluding hydrogens is 610 g/mol. The number of aromatic nitrogens is 1. The van der Waals surface area contributed by atoms with Crippen molar-refractivity contribution in [2.75, 3.05) is 36.6 Å². The molecule has 7 nitrogen and oxygen atoms in total. The van der Waals surface area contributed by atoms with Crippen LogP contribution in [0.2, 0.25) is 5.02 Å². The predicted octanol–water partition coefficient (Wildman–Crippen LogP) is 6.34. The molecule has 3 rings (SSSR count). The Morgan fingerprint density at radius 2 is 1.48 bits per heavy atom. The number of amides is 1. The van der Waals surface area contributed by atoms with E-state index in [-0.39, 0.29) is 34.9 Å². The van der Waals surface area contributed by atoms with E-state index in [9.17, 15) is 39.6 Å². The first kappa shape index (κ1) is 33.1. The number of rotatable bonds is 9. The Balaban J connectivity index is 2.08. The smallest absolute Gasteiger partial charge is 0.369 e. The maximum atomic E-state index is 13.8. The highest BCUT2D eigenvalue weighted by molar-refractivity contribution is 7.89. The summed E-state index contributed by atoms with van der Waals surface area (Å²) in [6.07, 6.45) is -8.90. The fourth-order valence-corrected chi connectivity index (χ4v) is 4.90. The van der Waals surface area contributed by atoms with E-state index >= 15 is 0 Å². The van der Waals surface area contributed by atoms with Gasteiger partial charge in [0, 0.05) is 29.7 Å². The molecule has 2 aromatic carbocycles. The maximum absolute atomic E-state index is 13.8. The first-order chi connectivity index (χ1) is 19.3. The number of alkyl halides is 6. The highest BCUT2D eigenvalue weighted by atomic mass is 35.5. The molecule has 2 N–H and O–H groups in total. The molecule has 0 saturated carbocycles. The lowest BCUT2D eigenvalue weighted by Gasteiger charge is -2.32. The molecule has 15 heteroatoms. The van der Waals surface area contributed by atoms with E-state index in [1.54, 1.807) is 24.3 Å². The Morgan fingerprint density at radius 1 is 0.929 bits per heavy atom. The van der Waals surface area contributed by atoms with E-state index in [2.05, 4.69) is 15.0 Å². The van der Waals surface area contributed by atoms with Crippen LogP contribution in [0.1, 0.15) is 30.5 Å². The molecule has 3 aromatic rings. The summed E-state index contributed by atoms with van der Waals surface area (Å²) in [6.45, 7) is 2.43. The number of likely N-dealkylation sites (N-methyl/N-ethyl adjacent to an activating group) is 1. The van der Waals surface area contributed by atoms with Crippen LogP contribution in [0.25, 0.3) is 11.1 Å². The second-order valence-corrected chi connectivity index (χ2v) is 12.3. The standard InChI is InChI=1S/C27H27ClF6N4O3S/c1-25(2,16-11-17(26(29,30)31)13-18(12-16)27(32,33)34)24(39)38(4)22-15-37-23(36-9-10-42(40,41)35-3)14-20(22)19-7-5-6-8-21(19)28/h5-8,11-15,35H,9-10H2,1-4H3,(H,36,37). The lowest BCUT2D eigenvalue weighted by molar-refractivity contribution is -0.143. The number of sulfonamides is 1. The number of pyridine rings is 1. The molecule has 0 unspecified atom stereocenters. The van der Waals surface area contributed by atoms with Crippen molar-refractivity contribution in [2.24, 2.45) is 0 Å². The molecule has 42 heavy (non-hydrogen) atoms. The topological polar surface area (TPSA) is 91.4 Å². The molecular formula is C27H27ClF6N4O3S. The van der Waals surface area contributed by atoms with E-state index in [1.807, 2.05) is 0 Å². The number of carbonyl (C=O) groups is 1. The molecule has 0 aliphatic heterocycles. The molecule has 0 atom stereocenters. The first-order valence-corrected chi connectivity index (χ1v) is 14.3. The van der Waals surface area contributed by atoms with Crippen LogP contribution >= 0.6 is 11.6 Å². The minimum absolute atomic E-state index is 0.000728. The number of hydrogen-bond acceptors (Lipinski definition) is 5. The van der Waals surface area contributed by atoms with Gasteiger partial charge in [-0.3, -0.25) is 4.79 Å². The van der Waals surface area contributed by atoms with E-state index < -0.39 is 50.4 Å². The number of benzene rings is 2. The van der Waals surface area contributed by atoms with Crippen molar-refractivity contribution >= 4 is 39.0 Å². The number of halogens is 7. The highest BCUT2D eigenvalue weighted by Gasteiger charge is 2.41. The average Bonchev–Trinajstić information content (AvgIpc) is 2.91. The van der Waals surface area contributed by atoms with Crippen LogP contribution in [-0.2, 0) is 32.6 Å². The summed E-state index contributed by atoms with van der Waals surface area (Å²) in [5.41, 5.74) is -4.48.